The van der Waals surface area contributed by atoms with Crippen LogP contribution in [0.15, 0.2) is 47.5 Å². The Labute approximate surface area is 159 Å². The molecule has 27 heavy (non-hydrogen) atoms. The van der Waals surface area contributed by atoms with Crippen LogP contribution in [0.2, 0.25) is 0 Å². The molecule has 8 heteroatoms. The number of thioether (sulfide) groups is 1. The van der Waals surface area contributed by atoms with Crippen molar-refractivity contribution in [3.05, 3.63) is 59.7 Å². The Morgan fingerprint density at radius 1 is 1.22 bits per heavy atom. The number of hydrogen-bond donors (Lipinski definition) is 1. The summed E-state index contributed by atoms with van der Waals surface area (Å²) in [5.74, 6) is -2.23. The number of anilines is 2. The number of amidine groups is 1. The number of aliphatic imine (C=N–C) groups is 1. The molecule has 0 fully saturated rings. The lowest BCUT2D eigenvalue weighted by Crippen LogP contribution is -2.33. The summed E-state index contributed by atoms with van der Waals surface area (Å²) in [6, 6.07) is 10.3. The van der Waals surface area contributed by atoms with Crippen molar-refractivity contribution in [3.63, 3.8) is 0 Å². The minimum absolute atomic E-state index is 0.0111. The van der Waals surface area contributed by atoms with Gasteiger partial charge < -0.3 is 5.32 Å². The maximum absolute atomic E-state index is 13.7. The zero-order valence-electron chi connectivity index (χ0n) is 14.7. The summed E-state index contributed by atoms with van der Waals surface area (Å²) in [6.45, 7) is 3.58. The van der Waals surface area contributed by atoms with Crippen LogP contribution in [0.25, 0.3) is 0 Å². The third-order valence-electron chi connectivity index (χ3n) is 3.92. The van der Waals surface area contributed by atoms with E-state index in [9.17, 15) is 18.4 Å². The van der Waals surface area contributed by atoms with E-state index < -0.39 is 22.8 Å². The van der Waals surface area contributed by atoms with Crippen molar-refractivity contribution in [3.8, 4) is 0 Å². The Balaban J connectivity index is 1.70. The summed E-state index contributed by atoms with van der Waals surface area (Å²) in [5, 5.41) is 2.19. The average Bonchev–Trinajstić information content (AvgIpc) is 2.98. The molecule has 1 aliphatic rings. The summed E-state index contributed by atoms with van der Waals surface area (Å²) in [7, 11) is 0. The second kappa shape index (κ2) is 7.87. The summed E-state index contributed by atoms with van der Waals surface area (Å²) >= 11 is 1.10. The van der Waals surface area contributed by atoms with E-state index in [1.807, 2.05) is 31.2 Å². The number of halogens is 2. The fourth-order valence-electron chi connectivity index (χ4n) is 2.46. The number of rotatable bonds is 4. The predicted molar refractivity (Wildman–Crippen MR) is 103 cm³/mol. The van der Waals surface area contributed by atoms with Gasteiger partial charge >= 0.3 is 0 Å². The first-order chi connectivity index (χ1) is 12.8. The van der Waals surface area contributed by atoms with E-state index >= 15 is 0 Å². The second-order valence-electron chi connectivity index (χ2n) is 6.04. The minimum atomic E-state index is -0.852. The molecule has 3 rings (SSSR count). The number of carbonyl (C=O) groups is 2. The minimum Gasteiger partial charge on any atom is -0.323 e. The molecule has 0 spiro atoms. The van der Waals surface area contributed by atoms with E-state index in [4.69, 9.17) is 0 Å². The number of nitrogens with one attached hydrogen (secondary N) is 1. The van der Waals surface area contributed by atoms with Crippen molar-refractivity contribution >= 4 is 40.1 Å². The monoisotopic (exact) mass is 389 g/mol. The molecule has 2 aromatic rings. The summed E-state index contributed by atoms with van der Waals surface area (Å²) in [6.07, 6.45) is 0. The van der Waals surface area contributed by atoms with Crippen LogP contribution in [0.3, 0.4) is 0 Å². The second-order valence-corrected chi connectivity index (χ2v) is 7.34. The first-order valence-electron chi connectivity index (χ1n) is 8.22. The molecule has 0 aliphatic carbocycles. The Bertz CT molecular complexity index is 916. The molecule has 0 saturated heterocycles. The van der Waals surface area contributed by atoms with Crippen molar-refractivity contribution in [2.75, 3.05) is 16.8 Å². The lowest BCUT2D eigenvalue weighted by Gasteiger charge is -2.20. The van der Waals surface area contributed by atoms with Crippen LogP contribution in [0, 0.1) is 18.6 Å². The highest BCUT2D eigenvalue weighted by Gasteiger charge is 2.30. The van der Waals surface area contributed by atoms with Gasteiger partial charge in [0.25, 0.3) is 5.91 Å². The van der Waals surface area contributed by atoms with Crippen LogP contribution < -0.4 is 10.2 Å². The van der Waals surface area contributed by atoms with E-state index in [0.29, 0.717) is 16.9 Å². The van der Waals surface area contributed by atoms with Gasteiger partial charge in [-0.15, -0.1) is 0 Å². The number of aryl methyl sites for hydroxylation is 1. The van der Waals surface area contributed by atoms with Crippen LogP contribution in [0.4, 0.5) is 20.2 Å². The fourth-order valence-corrected chi connectivity index (χ4v) is 3.39. The highest BCUT2D eigenvalue weighted by molar-refractivity contribution is 8.15. The zero-order chi connectivity index (χ0) is 19.6. The maximum atomic E-state index is 13.7. The summed E-state index contributed by atoms with van der Waals surface area (Å²) < 4.78 is 26.7. The Hall–Kier alpha value is -2.74. The van der Waals surface area contributed by atoms with E-state index in [1.165, 1.54) is 4.90 Å². The first-order valence-corrected chi connectivity index (χ1v) is 9.10. The van der Waals surface area contributed by atoms with Crippen LogP contribution in [0.1, 0.15) is 12.5 Å². The molecule has 0 saturated carbocycles. The van der Waals surface area contributed by atoms with E-state index in [0.717, 1.165) is 29.5 Å². The molecular formula is C19H17F2N3O2S. The third-order valence-corrected chi connectivity index (χ3v) is 5.01. The normalized spacial score (nSPS) is 14.9. The molecule has 5 nitrogen and oxygen atoms in total. The lowest BCUT2D eigenvalue weighted by atomic mass is 10.2. The molecule has 0 radical (unpaired) electrons. The third kappa shape index (κ3) is 4.33. The zero-order valence-corrected chi connectivity index (χ0v) is 15.5. The van der Waals surface area contributed by atoms with Crippen molar-refractivity contribution < 1.29 is 18.4 Å². The van der Waals surface area contributed by atoms with Gasteiger partial charge in [-0.3, -0.25) is 19.5 Å². The fraction of sp³-hybridized carbons (Fsp3) is 0.211. The molecule has 2 aromatic carbocycles. The molecule has 0 unspecified atom stereocenters. The van der Waals surface area contributed by atoms with Gasteiger partial charge in [0.15, 0.2) is 5.17 Å². The Morgan fingerprint density at radius 2 is 1.93 bits per heavy atom. The Morgan fingerprint density at radius 3 is 2.59 bits per heavy atom. The molecule has 1 N–H and O–H groups in total. The number of amides is 2. The van der Waals surface area contributed by atoms with Gasteiger partial charge in [-0.1, -0.05) is 29.5 Å². The van der Waals surface area contributed by atoms with Gasteiger partial charge in [0.1, 0.15) is 18.2 Å². The SMILES string of the molecule is Cc1ccc(N2C(=O)CN=C2S[C@H](C)C(=O)Nc2ccc(F)cc2F)cc1. The van der Waals surface area contributed by atoms with Crippen LogP contribution in [0.5, 0.6) is 0 Å². The van der Waals surface area contributed by atoms with E-state index in [-0.39, 0.29) is 18.1 Å². The molecule has 2 amide bonds. The molecule has 0 bridgehead atoms. The quantitative estimate of drug-likeness (QED) is 0.867. The molecular weight excluding hydrogens is 372 g/mol. The predicted octanol–water partition coefficient (Wildman–Crippen LogP) is 3.74. The molecule has 1 heterocycles. The standard InChI is InChI=1S/C19H17F2N3O2S/c1-11-3-6-14(7-4-11)24-17(25)10-22-19(24)27-12(2)18(26)23-16-8-5-13(20)9-15(16)21/h3-9,12H,10H2,1-2H3,(H,23,26)/t12-/m1/s1. The molecule has 140 valence electrons. The smallest absolute Gasteiger partial charge is 0.254 e. The number of benzene rings is 2. The molecule has 1 atom stereocenters. The number of hydrogen-bond acceptors (Lipinski definition) is 4. The van der Waals surface area contributed by atoms with Crippen LogP contribution in [-0.2, 0) is 9.59 Å². The van der Waals surface area contributed by atoms with Gasteiger partial charge in [-0.25, -0.2) is 8.78 Å². The molecule has 0 aromatic heterocycles. The molecule has 1 aliphatic heterocycles. The Kier molecular flexibility index (Phi) is 5.55. The summed E-state index contributed by atoms with van der Waals surface area (Å²) in [5.41, 5.74) is 1.63. The number of carbonyl (C=O) groups excluding carboxylic acids is 2. The van der Waals surface area contributed by atoms with E-state index in [1.54, 1.807) is 6.92 Å². The largest absolute Gasteiger partial charge is 0.323 e. The highest BCUT2D eigenvalue weighted by Crippen LogP contribution is 2.27. The van der Waals surface area contributed by atoms with Gasteiger partial charge in [0, 0.05) is 6.07 Å². The summed E-state index contributed by atoms with van der Waals surface area (Å²) in [4.78, 5) is 30.2. The number of nitrogens with zero attached hydrogens (tertiary/aromatic N) is 2. The lowest BCUT2D eigenvalue weighted by molar-refractivity contribution is -0.116. The van der Waals surface area contributed by atoms with Gasteiger partial charge in [-0.2, -0.15) is 0 Å². The topological polar surface area (TPSA) is 61.8 Å². The van der Waals surface area contributed by atoms with Crippen molar-refractivity contribution in [1.29, 1.82) is 0 Å². The van der Waals surface area contributed by atoms with Crippen LogP contribution in [-0.4, -0.2) is 28.8 Å². The van der Waals surface area contributed by atoms with Crippen LogP contribution >= 0.6 is 11.8 Å². The van der Waals surface area contributed by atoms with Gasteiger partial charge in [0.05, 0.1) is 16.6 Å². The highest BCUT2D eigenvalue weighted by atomic mass is 32.2. The van der Waals surface area contributed by atoms with Crippen molar-refractivity contribution in [2.45, 2.75) is 19.1 Å². The van der Waals surface area contributed by atoms with E-state index in [2.05, 4.69) is 10.3 Å². The van der Waals surface area contributed by atoms with Crippen molar-refractivity contribution in [2.24, 2.45) is 4.99 Å². The van der Waals surface area contributed by atoms with Gasteiger partial charge in [-0.05, 0) is 38.1 Å². The maximum Gasteiger partial charge on any atom is 0.254 e. The van der Waals surface area contributed by atoms with Gasteiger partial charge in [0.2, 0.25) is 5.91 Å². The average molecular weight is 389 g/mol. The first kappa shape index (κ1) is 19.0. The van der Waals surface area contributed by atoms with Crippen molar-refractivity contribution in [1.82, 2.24) is 0 Å².